The fraction of sp³-hybridized carbons (Fsp3) is 0.333. The topological polar surface area (TPSA) is 134 Å². The molecule has 3 heterocycles. The molecule has 5 N–H and O–H groups in total. The van der Waals surface area contributed by atoms with Gasteiger partial charge in [0.15, 0.2) is 0 Å². The highest BCUT2D eigenvalue weighted by molar-refractivity contribution is 5.77. The second-order valence-corrected chi connectivity index (χ2v) is 10.4. The first-order chi connectivity index (χ1) is 19.2. The van der Waals surface area contributed by atoms with Crippen LogP contribution in [-0.4, -0.2) is 42.8 Å². The van der Waals surface area contributed by atoms with E-state index in [0.717, 1.165) is 41.7 Å². The number of H-pyrrole nitrogens is 1. The highest BCUT2D eigenvalue weighted by Crippen LogP contribution is 2.34. The van der Waals surface area contributed by atoms with Gasteiger partial charge in [-0.3, -0.25) is 4.68 Å². The number of nitrogens with one attached hydrogen (secondary N) is 1. The fourth-order valence-electron chi connectivity index (χ4n) is 5.85. The van der Waals surface area contributed by atoms with Crippen LogP contribution in [0, 0.1) is 5.92 Å². The summed E-state index contributed by atoms with van der Waals surface area (Å²) in [6.07, 6.45) is 9.54. The molecule has 39 heavy (non-hydrogen) atoms. The van der Waals surface area contributed by atoms with Crippen molar-refractivity contribution in [2.24, 2.45) is 11.7 Å². The molecule has 3 atom stereocenters. The molecule has 200 valence electrons. The van der Waals surface area contributed by atoms with Crippen molar-refractivity contribution < 1.29 is 4.74 Å². The molecule has 9 nitrogen and oxygen atoms in total. The van der Waals surface area contributed by atoms with E-state index in [4.69, 9.17) is 16.2 Å². The monoisotopic (exact) mass is 522 g/mol. The number of pyridine rings is 1. The molecule has 1 aliphatic carbocycles. The number of rotatable bonds is 10. The lowest BCUT2D eigenvalue weighted by molar-refractivity contribution is 0.158. The van der Waals surface area contributed by atoms with Crippen molar-refractivity contribution in [2.45, 2.75) is 50.7 Å². The zero-order valence-electron chi connectivity index (χ0n) is 21.9. The van der Waals surface area contributed by atoms with Gasteiger partial charge in [0.2, 0.25) is 5.65 Å². The number of nitrogens with two attached hydrogens (primary N) is 2. The van der Waals surface area contributed by atoms with Crippen molar-refractivity contribution in [2.75, 3.05) is 12.3 Å². The number of benzene rings is 2. The zero-order chi connectivity index (χ0) is 26.6. The number of fused-ring (bicyclic) bond motifs is 1. The minimum absolute atomic E-state index is 0.0137. The number of aromatic amines is 1. The van der Waals surface area contributed by atoms with Gasteiger partial charge in [0, 0.05) is 12.1 Å². The second-order valence-electron chi connectivity index (χ2n) is 10.4. The number of nitrogen functional groups attached to an aromatic ring is 1. The van der Waals surface area contributed by atoms with Crippen LogP contribution in [-0.2, 0) is 13.0 Å². The van der Waals surface area contributed by atoms with Crippen molar-refractivity contribution in [1.29, 1.82) is 0 Å². The van der Waals surface area contributed by atoms with E-state index in [1.54, 1.807) is 0 Å². The first kappa shape index (κ1) is 25.1. The fourth-order valence-corrected chi connectivity index (χ4v) is 5.85. The highest BCUT2D eigenvalue weighted by Gasteiger charge is 2.29. The summed E-state index contributed by atoms with van der Waals surface area (Å²) in [4.78, 5) is 4.27. The van der Waals surface area contributed by atoms with Crippen LogP contribution in [0.1, 0.15) is 53.9 Å². The molecule has 2 aromatic carbocycles. The van der Waals surface area contributed by atoms with Crippen LogP contribution in [0.4, 0.5) is 5.82 Å². The minimum Gasteiger partial charge on any atom is -0.490 e. The van der Waals surface area contributed by atoms with Gasteiger partial charge in [-0.15, -0.1) is 5.10 Å². The average molecular weight is 523 g/mol. The third-order valence-corrected chi connectivity index (χ3v) is 7.69. The van der Waals surface area contributed by atoms with Crippen molar-refractivity contribution in [3.05, 3.63) is 95.3 Å². The van der Waals surface area contributed by atoms with Gasteiger partial charge in [-0.1, -0.05) is 42.5 Å². The Morgan fingerprint density at radius 2 is 1.90 bits per heavy atom. The zero-order valence-corrected chi connectivity index (χ0v) is 21.9. The molecule has 0 bridgehead atoms. The van der Waals surface area contributed by atoms with Crippen LogP contribution in [0.15, 0.2) is 73.1 Å². The SMILES string of the molecule is NCC[C@@H](c1cnn(Cc2cccc(O[C@@H]3CCC[C@@H]3Cc3ccccc3)c2)c1)c1cc(N)nc2n[nH]nc12. The highest BCUT2D eigenvalue weighted by atomic mass is 16.5. The largest absolute Gasteiger partial charge is 0.490 e. The summed E-state index contributed by atoms with van der Waals surface area (Å²) in [5.41, 5.74) is 17.8. The Morgan fingerprint density at radius 3 is 2.77 bits per heavy atom. The number of hydrogen-bond donors (Lipinski definition) is 3. The standard InChI is InChI=1S/C30H34N8O/c31-13-12-25(26-16-28(32)34-30-29(26)35-37-36-30)23-17-33-38(19-23)18-21-8-4-10-24(15-21)39-27-11-5-9-22(27)14-20-6-2-1-3-7-20/h1-4,6-8,10,15-17,19,22,25,27H,5,9,11-14,18,31H2,(H3,32,34,35,36,37)/t22-,25+,27-/m1/s1. The summed E-state index contributed by atoms with van der Waals surface area (Å²) in [5.74, 6) is 1.86. The quantitative estimate of drug-likeness (QED) is 0.247. The Bertz CT molecular complexity index is 1530. The lowest BCUT2D eigenvalue weighted by Gasteiger charge is -2.22. The predicted molar refractivity (Wildman–Crippen MR) is 151 cm³/mol. The smallest absolute Gasteiger partial charge is 0.203 e. The van der Waals surface area contributed by atoms with Gasteiger partial charge >= 0.3 is 0 Å². The molecule has 1 aliphatic rings. The van der Waals surface area contributed by atoms with Crippen LogP contribution in [0.3, 0.4) is 0 Å². The van der Waals surface area contributed by atoms with Crippen molar-refractivity contribution >= 4 is 17.0 Å². The Hall–Kier alpha value is -4.24. The van der Waals surface area contributed by atoms with Gasteiger partial charge in [-0.25, -0.2) is 4.98 Å². The summed E-state index contributed by atoms with van der Waals surface area (Å²) in [6.45, 7) is 1.16. The molecular formula is C30H34N8O. The van der Waals surface area contributed by atoms with Crippen LogP contribution < -0.4 is 16.2 Å². The number of nitrogens with zero attached hydrogens (tertiary/aromatic N) is 5. The summed E-state index contributed by atoms with van der Waals surface area (Å²) in [6, 6.07) is 21.0. The summed E-state index contributed by atoms with van der Waals surface area (Å²) in [7, 11) is 0. The number of ether oxygens (including phenoxy) is 1. The Balaban J connectivity index is 1.17. The van der Waals surface area contributed by atoms with E-state index in [2.05, 4.69) is 86.3 Å². The first-order valence-electron chi connectivity index (χ1n) is 13.6. The van der Waals surface area contributed by atoms with Crippen LogP contribution >= 0.6 is 0 Å². The maximum absolute atomic E-state index is 6.54. The molecule has 0 radical (unpaired) electrons. The molecule has 9 heteroatoms. The molecule has 1 fully saturated rings. The molecule has 0 amide bonds. The van der Waals surface area contributed by atoms with E-state index in [0.29, 0.717) is 36.0 Å². The van der Waals surface area contributed by atoms with Gasteiger partial charge in [0.05, 0.1) is 12.7 Å². The van der Waals surface area contributed by atoms with Gasteiger partial charge in [-0.05, 0) is 85.0 Å². The van der Waals surface area contributed by atoms with Crippen LogP contribution in [0.5, 0.6) is 5.75 Å². The van der Waals surface area contributed by atoms with Crippen LogP contribution in [0.25, 0.3) is 11.2 Å². The molecular weight excluding hydrogens is 488 g/mol. The Kier molecular flexibility index (Phi) is 7.23. The Labute approximate surface area is 227 Å². The van der Waals surface area contributed by atoms with E-state index >= 15 is 0 Å². The number of aromatic nitrogens is 6. The Morgan fingerprint density at radius 1 is 1.03 bits per heavy atom. The lowest BCUT2D eigenvalue weighted by Crippen LogP contribution is -2.23. The van der Waals surface area contributed by atoms with Crippen molar-refractivity contribution in [1.82, 2.24) is 30.2 Å². The summed E-state index contributed by atoms with van der Waals surface area (Å²) >= 11 is 0. The molecule has 0 aliphatic heterocycles. The normalized spacial score (nSPS) is 18.0. The molecule has 3 aromatic heterocycles. The molecule has 1 saturated carbocycles. The van der Waals surface area contributed by atoms with Gasteiger partial charge in [0.25, 0.3) is 0 Å². The molecule has 0 unspecified atom stereocenters. The van der Waals surface area contributed by atoms with E-state index in [1.807, 2.05) is 16.9 Å². The maximum Gasteiger partial charge on any atom is 0.203 e. The third kappa shape index (κ3) is 5.63. The molecule has 5 aromatic rings. The number of anilines is 1. The van der Waals surface area contributed by atoms with E-state index in [-0.39, 0.29) is 12.0 Å². The van der Waals surface area contributed by atoms with Gasteiger partial charge in [-0.2, -0.15) is 15.4 Å². The lowest BCUT2D eigenvalue weighted by atomic mass is 9.90. The first-order valence-corrected chi connectivity index (χ1v) is 13.6. The molecule has 6 rings (SSSR count). The minimum atomic E-state index is -0.0137. The van der Waals surface area contributed by atoms with Crippen molar-refractivity contribution in [3.63, 3.8) is 0 Å². The molecule has 0 saturated heterocycles. The average Bonchev–Trinajstić information content (AvgIpc) is 3.70. The number of hydrogen-bond acceptors (Lipinski definition) is 7. The summed E-state index contributed by atoms with van der Waals surface area (Å²) in [5, 5.41) is 15.7. The van der Waals surface area contributed by atoms with Crippen LogP contribution in [0.2, 0.25) is 0 Å². The van der Waals surface area contributed by atoms with Crippen molar-refractivity contribution in [3.8, 4) is 5.75 Å². The second kappa shape index (κ2) is 11.2. The van der Waals surface area contributed by atoms with Gasteiger partial charge in [0.1, 0.15) is 23.2 Å². The van der Waals surface area contributed by atoms with Gasteiger partial charge < -0.3 is 16.2 Å². The van der Waals surface area contributed by atoms with E-state index < -0.39 is 0 Å². The summed E-state index contributed by atoms with van der Waals surface area (Å²) < 4.78 is 8.49. The molecule has 0 spiro atoms. The third-order valence-electron chi connectivity index (χ3n) is 7.69. The maximum atomic E-state index is 6.54. The predicted octanol–water partition coefficient (Wildman–Crippen LogP) is 4.45. The van der Waals surface area contributed by atoms with E-state index in [1.165, 1.54) is 18.4 Å². The van der Waals surface area contributed by atoms with E-state index in [9.17, 15) is 0 Å².